The minimum absolute atomic E-state index is 0.288. The number of rotatable bonds is 2. The molecule has 0 N–H and O–H groups in total. The molecule has 0 fully saturated rings. The first-order chi connectivity index (χ1) is 31.2. The Hall–Kier alpha value is -6.98. The van der Waals surface area contributed by atoms with Crippen LogP contribution in [0.3, 0.4) is 0 Å². The Morgan fingerprint density at radius 1 is 0.344 bits per heavy atom. The zero-order valence-corrected chi connectivity index (χ0v) is 37.3. The van der Waals surface area contributed by atoms with Crippen LogP contribution in [-0.2, 0) is 10.8 Å². The van der Waals surface area contributed by atoms with E-state index in [-0.39, 0.29) is 10.8 Å². The standard InChI is InChI=1S/C60H38O2S2/c1-59(2)43-29-42-44(30-41(43)53-45(59)27-37(57-55(53)35-15-5-9-17-47(35)61-57)31-21-23-51-39(25-31)33-13-7-11-19-49(33)63-51)60(3,4)46-28-38(58-56(54(42)46)36-16-6-10-18-48(36)62-58)32-22-24-52-40(26-32)34-14-8-12-20-50(34)64-52/h5-30H,1-4H3. The van der Waals surface area contributed by atoms with Gasteiger partial charge in [0, 0.05) is 83.8 Å². The van der Waals surface area contributed by atoms with E-state index >= 15 is 0 Å². The quantitative estimate of drug-likeness (QED) is 0.173. The van der Waals surface area contributed by atoms with Gasteiger partial charge in [0.25, 0.3) is 0 Å². The third-order valence-electron chi connectivity index (χ3n) is 15.1. The summed E-state index contributed by atoms with van der Waals surface area (Å²) in [7, 11) is 0. The van der Waals surface area contributed by atoms with Crippen LogP contribution in [0.5, 0.6) is 0 Å². The maximum Gasteiger partial charge on any atom is 0.143 e. The summed E-state index contributed by atoms with van der Waals surface area (Å²) in [6, 6.07) is 58.8. The highest BCUT2D eigenvalue weighted by Gasteiger charge is 2.44. The summed E-state index contributed by atoms with van der Waals surface area (Å²) in [6.07, 6.45) is 0. The van der Waals surface area contributed by atoms with Crippen molar-refractivity contribution in [3.63, 3.8) is 0 Å². The average molecular weight is 855 g/mol. The zero-order valence-electron chi connectivity index (χ0n) is 35.6. The first-order valence-electron chi connectivity index (χ1n) is 22.2. The Kier molecular flexibility index (Phi) is 6.64. The van der Waals surface area contributed by atoms with Crippen LogP contribution in [0.2, 0.25) is 0 Å². The van der Waals surface area contributed by atoms with Crippen LogP contribution in [0.25, 0.3) is 129 Å². The van der Waals surface area contributed by atoms with E-state index in [0.29, 0.717) is 0 Å². The Morgan fingerprint density at radius 3 is 1.17 bits per heavy atom. The zero-order chi connectivity index (χ0) is 42.4. The van der Waals surface area contributed by atoms with Crippen molar-refractivity contribution in [1.29, 1.82) is 0 Å². The lowest BCUT2D eigenvalue weighted by atomic mass is 9.79. The Balaban J connectivity index is 0.992. The SMILES string of the molecule is CC1(C)c2cc3c(cc2-c2c1cc(-c1ccc4sc5ccccc5c4c1)c1oc4ccccc4c21)C(C)(C)c1cc(-c2ccc4sc5ccccc5c4c2)c2oc4ccccc4c2c1-3. The summed E-state index contributed by atoms with van der Waals surface area (Å²) in [5.74, 6) is 0. The first-order valence-corrected chi connectivity index (χ1v) is 23.9. The van der Waals surface area contributed by atoms with Gasteiger partial charge >= 0.3 is 0 Å². The second kappa shape index (κ2) is 12.0. The van der Waals surface area contributed by atoms with Crippen molar-refractivity contribution in [3.05, 3.63) is 180 Å². The largest absolute Gasteiger partial charge is 0.455 e. The van der Waals surface area contributed by atoms with Crippen molar-refractivity contribution in [2.75, 3.05) is 0 Å². The van der Waals surface area contributed by atoms with Crippen molar-refractivity contribution in [3.8, 4) is 44.5 Å². The summed E-state index contributed by atoms with van der Waals surface area (Å²) < 4.78 is 19.2. The highest BCUT2D eigenvalue weighted by molar-refractivity contribution is 7.26. The molecule has 9 aromatic carbocycles. The molecule has 13 aromatic rings. The monoisotopic (exact) mass is 854 g/mol. The van der Waals surface area contributed by atoms with E-state index in [1.807, 2.05) is 22.7 Å². The van der Waals surface area contributed by atoms with Crippen LogP contribution in [0.4, 0.5) is 0 Å². The minimum atomic E-state index is -0.288. The van der Waals surface area contributed by atoms with Gasteiger partial charge in [-0.15, -0.1) is 22.7 Å². The van der Waals surface area contributed by atoms with Crippen LogP contribution in [0, 0.1) is 0 Å². The van der Waals surface area contributed by atoms with Crippen LogP contribution in [0.15, 0.2) is 167 Å². The predicted octanol–water partition coefficient (Wildman–Crippen LogP) is 18.2. The van der Waals surface area contributed by atoms with E-state index in [4.69, 9.17) is 8.83 Å². The van der Waals surface area contributed by atoms with Crippen molar-refractivity contribution in [2.24, 2.45) is 0 Å². The Bertz CT molecular complexity index is 3980. The summed E-state index contributed by atoms with van der Waals surface area (Å²) in [6.45, 7) is 9.70. The van der Waals surface area contributed by atoms with Crippen LogP contribution >= 0.6 is 22.7 Å². The van der Waals surface area contributed by atoms with Gasteiger partial charge in [-0.2, -0.15) is 0 Å². The molecule has 4 heterocycles. The molecule has 0 spiro atoms. The molecule has 2 aliphatic rings. The van der Waals surface area contributed by atoms with Crippen molar-refractivity contribution < 1.29 is 8.83 Å². The summed E-state index contributed by atoms with van der Waals surface area (Å²) >= 11 is 3.73. The molecule has 0 amide bonds. The molecule has 0 radical (unpaired) electrons. The lowest BCUT2D eigenvalue weighted by molar-refractivity contribution is 0.650. The smallest absolute Gasteiger partial charge is 0.143 e. The van der Waals surface area contributed by atoms with Gasteiger partial charge in [0.2, 0.25) is 0 Å². The molecule has 302 valence electrons. The van der Waals surface area contributed by atoms with Crippen LogP contribution in [0.1, 0.15) is 49.9 Å². The van der Waals surface area contributed by atoms with Gasteiger partial charge in [-0.1, -0.05) is 113 Å². The number of furan rings is 2. The molecule has 15 rings (SSSR count). The second-order valence-corrected chi connectivity index (χ2v) is 21.3. The molecule has 2 nitrogen and oxygen atoms in total. The fourth-order valence-electron chi connectivity index (χ4n) is 11.9. The van der Waals surface area contributed by atoms with E-state index < -0.39 is 0 Å². The number of para-hydroxylation sites is 2. The highest BCUT2D eigenvalue weighted by Crippen LogP contribution is 2.61. The Labute approximate surface area is 376 Å². The molecule has 0 aliphatic heterocycles. The number of fused-ring (bicyclic) bond motifs is 20. The first kappa shape index (κ1) is 35.5. The molecule has 4 aromatic heterocycles. The third-order valence-corrected chi connectivity index (χ3v) is 17.4. The molecule has 2 aliphatic carbocycles. The molecule has 0 saturated carbocycles. The maximum atomic E-state index is 6.99. The molecule has 0 bridgehead atoms. The van der Waals surface area contributed by atoms with Crippen molar-refractivity contribution in [1.82, 2.24) is 0 Å². The summed E-state index contributed by atoms with van der Waals surface area (Å²) in [4.78, 5) is 0. The fourth-order valence-corrected chi connectivity index (χ4v) is 14.1. The minimum Gasteiger partial charge on any atom is -0.455 e. The van der Waals surface area contributed by atoms with E-state index in [1.165, 1.54) is 107 Å². The highest BCUT2D eigenvalue weighted by atomic mass is 32.1. The predicted molar refractivity (Wildman–Crippen MR) is 273 cm³/mol. The van der Waals surface area contributed by atoms with Gasteiger partial charge in [0.1, 0.15) is 22.3 Å². The van der Waals surface area contributed by atoms with Gasteiger partial charge in [-0.3, -0.25) is 0 Å². The van der Waals surface area contributed by atoms with Crippen molar-refractivity contribution in [2.45, 2.75) is 38.5 Å². The summed E-state index contributed by atoms with van der Waals surface area (Å²) in [5, 5.41) is 9.95. The molecule has 0 saturated heterocycles. The Morgan fingerprint density at radius 2 is 0.719 bits per heavy atom. The normalized spacial score (nSPS) is 14.8. The maximum absolute atomic E-state index is 6.99. The van der Waals surface area contributed by atoms with Gasteiger partial charge in [0.15, 0.2) is 0 Å². The lowest BCUT2D eigenvalue weighted by Crippen LogP contribution is -2.17. The van der Waals surface area contributed by atoms with Gasteiger partial charge in [0.05, 0.1) is 0 Å². The number of benzene rings is 9. The van der Waals surface area contributed by atoms with E-state index in [9.17, 15) is 0 Å². The number of hydrogen-bond acceptors (Lipinski definition) is 4. The van der Waals surface area contributed by atoms with E-state index in [2.05, 4.69) is 185 Å². The molecule has 0 atom stereocenters. The van der Waals surface area contributed by atoms with Crippen molar-refractivity contribution >= 4 is 107 Å². The molecule has 64 heavy (non-hydrogen) atoms. The molecule has 0 unspecified atom stereocenters. The number of hydrogen-bond donors (Lipinski definition) is 0. The molecule has 4 heteroatoms. The summed E-state index contributed by atoms with van der Waals surface area (Å²) in [5.41, 5.74) is 18.5. The van der Waals surface area contributed by atoms with Crippen LogP contribution < -0.4 is 0 Å². The van der Waals surface area contributed by atoms with E-state index in [0.717, 1.165) is 44.2 Å². The molecular formula is C60H38O2S2. The lowest BCUT2D eigenvalue weighted by Gasteiger charge is -2.24. The average Bonchev–Trinajstić information content (AvgIpc) is 4.15. The fraction of sp³-hybridized carbons (Fsp3) is 0.100. The van der Waals surface area contributed by atoms with E-state index in [1.54, 1.807) is 0 Å². The second-order valence-electron chi connectivity index (χ2n) is 19.1. The van der Waals surface area contributed by atoms with Gasteiger partial charge < -0.3 is 8.83 Å². The number of thiophene rings is 2. The topological polar surface area (TPSA) is 26.3 Å². The third kappa shape index (κ3) is 4.40. The van der Waals surface area contributed by atoms with Gasteiger partial charge in [-0.25, -0.2) is 0 Å². The van der Waals surface area contributed by atoms with Crippen LogP contribution in [-0.4, -0.2) is 0 Å². The van der Waals surface area contributed by atoms with Gasteiger partial charge in [-0.05, 0) is 128 Å². The molecular weight excluding hydrogens is 817 g/mol.